The second-order valence-electron chi connectivity index (χ2n) is 11.9. The maximum absolute atomic E-state index is 12.8. The molecule has 0 saturated heterocycles. The van der Waals surface area contributed by atoms with Crippen molar-refractivity contribution in [1.82, 2.24) is 5.32 Å². The molecule has 7 heteroatoms. The van der Waals surface area contributed by atoms with Crippen molar-refractivity contribution in [2.24, 2.45) is 0 Å². The molecule has 0 radical (unpaired) electrons. The van der Waals surface area contributed by atoms with E-state index in [1.54, 1.807) is 0 Å². The zero-order chi connectivity index (χ0) is 27.7. The van der Waals surface area contributed by atoms with Crippen molar-refractivity contribution >= 4 is 20.4 Å². The van der Waals surface area contributed by atoms with Gasteiger partial charge in [-0.3, -0.25) is 0 Å². The molecule has 204 valence electrons. The summed E-state index contributed by atoms with van der Waals surface area (Å²) in [5.74, 6) is -1.09. The van der Waals surface area contributed by atoms with Crippen LogP contribution in [0.5, 0.6) is 0 Å². The van der Waals surface area contributed by atoms with Gasteiger partial charge in [0.05, 0.1) is 0 Å². The van der Waals surface area contributed by atoms with E-state index in [1.807, 2.05) is 62.4 Å². The van der Waals surface area contributed by atoms with Crippen molar-refractivity contribution < 1.29 is 23.9 Å². The van der Waals surface area contributed by atoms with Gasteiger partial charge in [-0.1, -0.05) is 81.4 Å². The Hall–Kier alpha value is -2.64. The van der Waals surface area contributed by atoms with E-state index in [-0.39, 0.29) is 17.6 Å². The Morgan fingerprint density at radius 1 is 0.892 bits per heavy atom. The number of amides is 1. The van der Waals surface area contributed by atoms with Crippen molar-refractivity contribution in [1.29, 1.82) is 0 Å². The third-order valence-electron chi connectivity index (χ3n) is 7.18. The summed E-state index contributed by atoms with van der Waals surface area (Å²) >= 11 is 0. The van der Waals surface area contributed by atoms with E-state index >= 15 is 0 Å². The van der Waals surface area contributed by atoms with Crippen LogP contribution in [0.25, 0.3) is 0 Å². The Labute approximate surface area is 223 Å². The molecular formula is C30H45NO5Si. The predicted molar refractivity (Wildman–Crippen MR) is 151 cm³/mol. The first-order valence-corrected chi connectivity index (χ1v) is 16.1. The molecule has 0 aliphatic heterocycles. The molecule has 2 unspecified atom stereocenters. The smallest absolute Gasteiger partial charge is 0.408 e. The van der Waals surface area contributed by atoms with Crippen LogP contribution >= 0.6 is 0 Å². The lowest BCUT2D eigenvalue weighted by Crippen LogP contribution is -2.49. The average Bonchev–Trinajstić information content (AvgIpc) is 2.81. The quantitative estimate of drug-likeness (QED) is 0.274. The molecule has 37 heavy (non-hydrogen) atoms. The first kappa shape index (κ1) is 30.6. The standard InChI is InChI=1S/C30H45NO5Si/c1-29(2,3)37(6,7)36-25(19-18-23-14-10-8-11-15-23)22-26(27(32)33)31-28(34)35-30(4,5)21-20-24-16-12-9-13-17-24/h8-17,25-26H,18-22H2,1-7H3,(H,31,34)(H,32,33). The normalized spacial score (nSPS) is 14.0. The molecule has 1 amide bonds. The first-order chi connectivity index (χ1) is 17.2. The van der Waals surface area contributed by atoms with Crippen LogP contribution < -0.4 is 5.32 Å². The summed E-state index contributed by atoms with van der Waals surface area (Å²) in [6, 6.07) is 19.0. The molecule has 2 rings (SSSR count). The SMILES string of the molecule is CC(C)(CCc1ccccc1)OC(=O)NC(CC(CCc1ccccc1)O[Si](C)(C)C(C)(C)C)C(=O)O. The Morgan fingerprint density at radius 2 is 1.41 bits per heavy atom. The highest BCUT2D eigenvalue weighted by Crippen LogP contribution is 2.38. The van der Waals surface area contributed by atoms with Crippen molar-refractivity contribution in [2.75, 3.05) is 0 Å². The third-order valence-corrected chi connectivity index (χ3v) is 11.7. The molecule has 0 spiro atoms. The number of aliphatic carboxylic acids is 1. The van der Waals surface area contributed by atoms with Crippen LogP contribution in [0.4, 0.5) is 4.79 Å². The van der Waals surface area contributed by atoms with E-state index in [0.717, 1.165) is 18.4 Å². The summed E-state index contributed by atoms with van der Waals surface area (Å²) in [6.45, 7) is 14.5. The minimum absolute atomic E-state index is 0.0220. The second-order valence-corrected chi connectivity index (χ2v) is 16.7. The number of carbonyl (C=O) groups excluding carboxylic acids is 1. The number of aryl methyl sites for hydroxylation is 2. The minimum atomic E-state index is -2.17. The number of carbonyl (C=O) groups is 2. The largest absolute Gasteiger partial charge is 0.480 e. The molecule has 6 nitrogen and oxygen atoms in total. The molecule has 0 aliphatic carbocycles. The van der Waals surface area contributed by atoms with Gasteiger partial charge in [-0.25, -0.2) is 9.59 Å². The van der Waals surface area contributed by atoms with E-state index in [0.29, 0.717) is 12.8 Å². The number of benzene rings is 2. The van der Waals surface area contributed by atoms with E-state index in [9.17, 15) is 14.7 Å². The number of carboxylic acids is 1. The molecule has 2 aromatic carbocycles. The molecule has 0 fully saturated rings. The Balaban J connectivity index is 2.06. The fraction of sp³-hybridized carbons (Fsp3) is 0.533. The maximum Gasteiger partial charge on any atom is 0.408 e. The third kappa shape index (κ3) is 10.7. The summed E-state index contributed by atoms with van der Waals surface area (Å²) in [6.07, 6.45) is 1.95. The topological polar surface area (TPSA) is 84.9 Å². The number of alkyl carbamates (subject to hydrolysis) is 1. The summed E-state index contributed by atoms with van der Waals surface area (Å²) in [5, 5.41) is 12.5. The van der Waals surface area contributed by atoms with Crippen LogP contribution in [0, 0.1) is 0 Å². The van der Waals surface area contributed by atoms with Crippen molar-refractivity contribution in [2.45, 2.75) is 103 Å². The molecule has 0 aromatic heterocycles. The molecule has 2 N–H and O–H groups in total. The van der Waals surface area contributed by atoms with E-state index in [1.165, 1.54) is 5.56 Å². The molecule has 0 bridgehead atoms. The van der Waals surface area contributed by atoms with Crippen LogP contribution in [-0.4, -0.2) is 43.2 Å². The highest BCUT2D eigenvalue weighted by Gasteiger charge is 2.40. The summed E-state index contributed by atoms with van der Waals surface area (Å²) in [4.78, 5) is 24.9. The monoisotopic (exact) mass is 527 g/mol. The number of ether oxygens (including phenoxy) is 1. The lowest BCUT2D eigenvalue weighted by Gasteiger charge is -2.40. The molecule has 2 atom stereocenters. The van der Waals surface area contributed by atoms with Gasteiger partial charge < -0.3 is 19.6 Å². The van der Waals surface area contributed by atoms with Gasteiger partial charge in [-0.05, 0) is 68.8 Å². The van der Waals surface area contributed by atoms with Gasteiger partial charge in [0.15, 0.2) is 8.32 Å². The fourth-order valence-corrected chi connectivity index (χ4v) is 5.24. The Bertz CT molecular complexity index is 986. The molecule has 0 heterocycles. The van der Waals surface area contributed by atoms with Crippen molar-refractivity contribution in [3.05, 3.63) is 71.8 Å². The zero-order valence-corrected chi connectivity index (χ0v) is 24.5. The highest BCUT2D eigenvalue weighted by atomic mass is 28.4. The van der Waals surface area contributed by atoms with E-state index < -0.39 is 32.0 Å². The van der Waals surface area contributed by atoms with Crippen LogP contribution in [0.2, 0.25) is 18.1 Å². The molecule has 0 aliphatic rings. The summed E-state index contributed by atoms with van der Waals surface area (Å²) in [7, 11) is -2.17. The number of carboxylic acid groups (broad SMARTS) is 1. The van der Waals surface area contributed by atoms with Gasteiger partial charge >= 0.3 is 12.1 Å². The zero-order valence-electron chi connectivity index (χ0n) is 23.5. The Morgan fingerprint density at radius 3 is 1.89 bits per heavy atom. The van der Waals surface area contributed by atoms with Gasteiger partial charge in [0.2, 0.25) is 0 Å². The summed E-state index contributed by atoms with van der Waals surface area (Å²) < 4.78 is 12.3. The van der Waals surface area contributed by atoms with Crippen molar-refractivity contribution in [3.63, 3.8) is 0 Å². The van der Waals surface area contributed by atoms with Crippen LogP contribution in [0.1, 0.15) is 65.0 Å². The van der Waals surface area contributed by atoms with Gasteiger partial charge in [-0.2, -0.15) is 0 Å². The highest BCUT2D eigenvalue weighted by molar-refractivity contribution is 6.74. The number of nitrogens with one attached hydrogen (secondary N) is 1. The first-order valence-electron chi connectivity index (χ1n) is 13.2. The molecule has 2 aromatic rings. The van der Waals surface area contributed by atoms with Gasteiger partial charge in [-0.15, -0.1) is 0 Å². The number of hydrogen-bond donors (Lipinski definition) is 2. The van der Waals surface area contributed by atoms with E-state index in [2.05, 4.69) is 51.3 Å². The van der Waals surface area contributed by atoms with Gasteiger partial charge in [0, 0.05) is 12.5 Å². The lowest BCUT2D eigenvalue weighted by molar-refractivity contribution is -0.140. The Kier molecular flexibility index (Phi) is 10.9. The maximum atomic E-state index is 12.8. The van der Waals surface area contributed by atoms with Crippen molar-refractivity contribution in [3.8, 4) is 0 Å². The van der Waals surface area contributed by atoms with Crippen LogP contribution in [0.15, 0.2) is 60.7 Å². The van der Waals surface area contributed by atoms with Crippen LogP contribution in [-0.2, 0) is 26.8 Å². The van der Waals surface area contributed by atoms with E-state index in [4.69, 9.17) is 9.16 Å². The predicted octanol–water partition coefficient (Wildman–Crippen LogP) is 6.99. The summed E-state index contributed by atoms with van der Waals surface area (Å²) in [5.41, 5.74) is 1.59. The molecule has 0 saturated carbocycles. The average molecular weight is 528 g/mol. The van der Waals surface area contributed by atoms with Crippen LogP contribution in [0.3, 0.4) is 0 Å². The van der Waals surface area contributed by atoms with Gasteiger partial charge in [0.1, 0.15) is 11.6 Å². The number of hydrogen-bond acceptors (Lipinski definition) is 4. The molecular weight excluding hydrogens is 482 g/mol. The minimum Gasteiger partial charge on any atom is -0.480 e. The number of rotatable bonds is 13. The second kappa shape index (κ2) is 13.2. The van der Waals surface area contributed by atoms with Gasteiger partial charge in [0.25, 0.3) is 0 Å². The fourth-order valence-electron chi connectivity index (χ4n) is 3.84. The lowest BCUT2D eigenvalue weighted by atomic mass is 9.98.